The van der Waals surface area contributed by atoms with Gasteiger partial charge in [0.25, 0.3) is 0 Å². The van der Waals surface area contributed by atoms with Gasteiger partial charge in [0, 0.05) is 31.4 Å². The highest BCUT2D eigenvalue weighted by Gasteiger charge is 2.18. The van der Waals surface area contributed by atoms with Gasteiger partial charge in [-0.25, -0.2) is 0 Å². The summed E-state index contributed by atoms with van der Waals surface area (Å²) in [6.45, 7) is 4.41. The lowest BCUT2D eigenvalue weighted by atomic mass is 10.00. The van der Waals surface area contributed by atoms with E-state index < -0.39 is 0 Å². The fourth-order valence-corrected chi connectivity index (χ4v) is 2.60. The van der Waals surface area contributed by atoms with Crippen molar-refractivity contribution in [2.75, 3.05) is 32.0 Å². The SMILES string of the molecule is C#Cc1cccc(NC(=O)CNC(=NC)N2CCC(C)CC2)c1.I. The van der Waals surface area contributed by atoms with Crippen LogP contribution >= 0.6 is 24.0 Å². The number of amides is 1. The van der Waals surface area contributed by atoms with Gasteiger partial charge in [0.05, 0.1) is 6.54 Å². The lowest BCUT2D eigenvalue weighted by Crippen LogP contribution is -2.47. The zero-order valence-corrected chi connectivity index (χ0v) is 16.5. The predicted molar refractivity (Wildman–Crippen MR) is 110 cm³/mol. The van der Waals surface area contributed by atoms with Gasteiger partial charge in [0.15, 0.2) is 5.96 Å². The van der Waals surface area contributed by atoms with Crippen LogP contribution in [-0.2, 0) is 4.79 Å². The Kier molecular flexibility index (Phi) is 8.61. The average molecular weight is 440 g/mol. The van der Waals surface area contributed by atoms with Crippen LogP contribution in [0.5, 0.6) is 0 Å². The third-order valence-electron chi connectivity index (χ3n) is 4.02. The summed E-state index contributed by atoms with van der Waals surface area (Å²) in [5, 5.41) is 5.96. The average Bonchev–Trinajstić information content (AvgIpc) is 2.57. The molecule has 0 radical (unpaired) electrons. The van der Waals surface area contributed by atoms with Crippen molar-refractivity contribution in [3.8, 4) is 12.3 Å². The van der Waals surface area contributed by atoms with Crippen LogP contribution in [0.3, 0.4) is 0 Å². The van der Waals surface area contributed by atoms with Crippen molar-refractivity contribution in [3.63, 3.8) is 0 Å². The normalized spacial score (nSPS) is 15.2. The third-order valence-corrected chi connectivity index (χ3v) is 4.02. The molecule has 1 aliphatic heterocycles. The maximum absolute atomic E-state index is 12.1. The summed E-state index contributed by atoms with van der Waals surface area (Å²) in [5.41, 5.74) is 1.45. The number of carbonyl (C=O) groups is 1. The number of anilines is 1. The predicted octanol–water partition coefficient (Wildman–Crippen LogP) is 2.53. The third kappa shape index (κ3) is 6.04. The minimum absolute atomic E-state index is 0. The van der Waals surface area contributed by atoms with Crippen LogP contribution in [0.1, 0.15) is 25.3 Å². The second-order valence-electron chi connectivity index (χ2n) is 5.84. The Morgan fingerprint density at radius 2 is 2.12 bits per heavy atom. The summed E-state index contributed by atoms with van der Waals surface area (Å²) < 4.78 is 0. The Morgan fingerprint density at radius 3 is 2.75 bits per heavy atom. The molecule has 1 aromatic rings. The summed E-state index contributed by atoms with van der Waals surface area (Å²) in [6, 6.07) is 7.25. The molecule has 1 aliphatic rings. The molecule has 0 unspecified atom stereocenters. The van der Waals surface area contributed by atoms with E-state index in [1.807, 2.05) is 18.2 Å². The molecule has 0 aliphatic carbocycles. The number of guanidine groups is 1. The molecule has 5 nitrogen and oxygen atoms in total. The second kappa shape index (κ2) is 10.2. The first-order valence-corrected chi connectivity index (χ1v) is 7.94. The molecule has 1 heterocycles. The maximum Gasteiger partial charge on any atom is 0.243 e. The van der Waals surface area contributed by atoms with Gasteiger partial charge >= 0.3 is 0 Å². The van der Waals surface area contributed by atoms with Crippen LogP contribution in [0.4, 0.5) is 5.69 Å². The number of terminal acetylenes is 1. The fraction of sp³-hybridized carbons (Fsp3) is 0.444. The lowest BCUT2D eigenvalue weighted by Gasteiger charge is -2.32. The van der Waals surface area contributed by atoms with Crippen LogP contribution in [0.2, 0.25) is 0 Å². The Balaban J connectivity index is 0.00000288. The summed E-state index contributed by atoms with van der Waals surface area (Å²) in [6.07, 6.45) is 7.68. The van der Waals surface area contributed by atoms with Gasteiger partial charge < -0.3 is 15.5 Å². The van der Waals surface area contributed by atoms with Crippen molar-refractivity contribution in [3.05, 3.63) is 29.8 Å². The van der Waals surface area contributed by atoms with E-state index in [2.05, 4.69) is 33.4 Å². The van der Waals surface area contributed by atoms with E-state index in [0.29, 0.717) is 5.69 Å². The first-order chi connectivity index (χ1) is 11.1. The number of hydrogen-bond donors (Lipinski definition) is 2. The van der Waals surface area contributed by atoms with Crippen LogP contribution in [0, 0.1) is 18.3 Å². The Labute approximate surface area is 161 Å². The molecule has 1 saturated heterocycles. The molecule has 130 valence electrons. The van der Waals surface area contributed by atoms with Crippen LogP contribution < -0.4 is 10.6 Å². The molecule has 1 amide bonds. The Hall–Kier alpha value is -1.75. The largest absolute Gasteiger partial charge is 0.347 e. The number of likely N-dealkylation sites (tertiary alicyclic amines) is 1. The van der Waals surface area contributed by atoms with E-state index in [4.69, 9.17) is 6.42 Å². The zero-order chi connectivity index (χ0) is 16.7. The smallest absolute Gasteiger partial charge is 0.243 e. The van der Waals surface area contributed by atoms with Crippen molar-refractivity contribution in [1.29, 1.82) is 0 Å². The highest BCUT2D eigenvalue weighted by molar-refractivity contribution is 14.0. The summed E-state index contributed by atoms with van der Waals surface area (Å²) in [5.74, 6) is 3.98. The van der Waals surface area contributed by atoms with Gasteiger partial charge in [-0.2, -0.15) is 0 Å². The standard InChI is InChI=1S/C18H24N4O.HI/c1-4-15-6-5-7-16(12-15)21-17(23)13-20-18(19-3)22-10-8-14(2)9-11-22;/h1,5-7,12,14H,8-11,13H2,2-3H3,(H,19,20)(H,21,23);1H. The van der Waals surface area contributed by atoms with Gasteiger partial charge in [0.1, 0.15) is 0 Å². The molecule has 2 N–H and O–H groups in total. The molecule has 6 heteroatoms. The zero-order valence-electron chi connectivity index (χ0n) is 14.2. The van der Waals surface area contributed by atoms with Crippen molar-refractivity contribution < 1.29 is 4.79 Å². The van der Waals surface area contributed by atoms with Gasteiger partial charge in [-0.05, 0) is 37.0 Å². The summed E-state index contributed by atoms with van der Waals surface area (Å²) >= 11 is 0. The molecule has 24 heavy (non-hydrogen) atoms. The van der Waals surface area contributed by atoms with Crippen molar-refractivity contribution in [1.82, 2.24) is 10.2 Å². The number of benzene rings is 1. The van der Waals surface area contributed by atoms with E-state index in [1.54, 1.807) is 13.1 Å². The molecule has 0 bridgehead atoms. The van der Waals surface area contributed by atoms with Gasteiger partial charge in [-0.15, -0.1) is 30.4 Å². The number of carbonyl (C=O) groups excluding carboxylic acids is 1. The van der Waals surface area contributed by atoms with Crippen molar-refractivity contribution in [2.24, 2.45) is 10.9 Å². The molecule has 0 saturated carbocycles. The second-order valence-corrected chi connectivity index (χ2v) is 5.84. The van der Waals surface area contributed by atoms with E-state index in [1.165, 1.54) is 0 Å². The summed E-state index contributed by atoms with van der Waals surface area (Å²) in [4.78, 5) is 18.5. The summed E-state index contributed by atoms with van der Waals surface area (Å²) in [7, 11) is 1.74. The fourth-order valence-electron chi connectivity index (χ4n) is 2.60. The number of piperidine rings is 1. The molecule has 1 fully saturated rings. The van der Waals surface area contributed by atoms with Crippen LogP contribution in [0.25, 0.3) is 0 Å². The van der Waals surface area contributed by atoms with E-state index >= 15 is 0 Å². The molecule has 0 spiro atoms. The number of halogens is 1. The van der Waals surface area contributed by atoms with Gasteiger partial charge in [0.2, 0.25) is 5.91 Å². The first kappa shape index (κ1) is 20.3. The number of nitrogens with one attached hydrogen (secondary N) is 2. The quantitative estimate of drug-likeness (QED) is 0.329. The Morgan fingerprint density at radius 1 is 1.42 bits per heavy atom. The van der Waals surface area contributed by atoms with Crippen LogP contribution in [-0.4, -0.2) is 43.4 Å². The van der Waals surface area contributed by atoms with E-state index in [-0.39, 0.29) is 36.4 Å². The van der Waals surface area contributed by atoms with Gasteiger partial charge in [-0.3, -0.25) is 9.79 Å². The van der Waals surface area contributed by atoms with Gasteiger partial charge in [-0.1, -0.05) is 18.9 Å². The molecule has 2 rings (SSSR count). The molecule has 0 atom stereocenters. The van der Waals surface area contributed by atoms with Crippen molar-refractivity contribution >= 4 is 41.5 Å². The van der Waals surface area contributed by atoms with Crippen LogP contribution in [0.15, 0.2) is 29.3 Å². The van der Waals surface area contributed by atoms with E-state index in [0.717, 1.165) is 43.4 Å². The number of nitrogens with zero attached hydrogens (tertiary/aromatic N) is 2. The Bertz CT molecular complexity index is 616. The minimum Gasteiger partial charge on any atom is -0.347 e. The number of hydrogen-bond acceptors (Lipinski definition) is 2. The number of aliphatic imine (C=N–C) groups is 1. The molecule has 1 aromatic carbocycles. The lowest BCUT2D eigenvalue weighted by molar-refractivity contribution is -0.115. The maximum atomic E-state index is 12.1. The first-order valence-electron chi connectivity index (χ1n) is 7.94. The van der Waals surface area contributed by atoms with Crippen molar-refractivity contribution in [2.45, 2.75) is 19.8 Å². The topological polar surface area (TPSA) is 56.7 Å². The molecular weight excluding hydrogens is 415 g/mol. The molecular formula is C18H25IN4O. The highest BCUT2D eigenvalue weighted by atomic mass is 127. The molecule has 0 aromatic heterocycles. The highest BCUT2D eigenvalue weighted by Crippen LogP contribution is 2.15. The minimum atomic E-state index is -0.120. The number of rotatable bonds is 3. The van der Waals surface area contributed by atoms with E-state index in [9.17, 15) is 4.79 Å². The monoisotopic (exact) mass is 440 g/mol.